The zero-order valence-electron chi connectivity index (χ0n) is 18.7. The SMILES string of the molecule is CC(C)(C)CC(=O)N(Cc1c(-c2ccccc2)noc1N1CCCCC1)CC1CC1. The maximum atomic E-state index is 13.2. The fourth-order valence-electron chi connectivity index (χ4n) is 4.23. The Bertz CT molecular complexity index is 843. The molecule has 1 aliphatic heterocycles. The highest BCUT2D eigenvalue weighted by Crippen LogP contribution is 2.36. The Morgan fingerprint density at radius 3 is 2.47 bits per heavy atom. The van der Waals surface area contributed by atoms with Crippen LogP contribution >= 0.6 is 0 Å². The number of amides is 1. The van der Waals surface area contributed by atoms with E-state index in [0.29, 0.717) is 18.9 Å². The third-order valence-corrected chi connectivity index (χ3v) is 6.02. The number of nitrogens with zero attached hydrogens (tertiary/aromatic N) is 3. The molecule has 2 aromatic rings. The van der Waals surface area contributed by atoms with Gasteiger partial charge in [-0.1, -0.05) is 56.3 Å². The lowest BCUT2D eigenvalue weighted by Gasteiger charge is -2.29. The summed E-state index contributed by atoms with van der Waals surface area (Å²) < 4.78 is 5.93. The van der Waals surface area contributed by atoms with Crippen LogP contribution in [0.15, 0.2) is 34.9 Å². The number of anilines is 1. The van der Waals surface area contributed by atoms with Crippen LogP contribution in [0.4, 0.5) is 5.88 Å². The number of piperidine rings is 1. The van der Waals surface area contributed by atoms with Crippen molar-refractivity contribution in [2.75, 3.05) is 24.5 Å². The van der Waals surface area contributed by atoms with E-state index in [-0.39, 0.29) is 11.3 Å². The third kappa shape index (κ3) is 5.24. The number of carbonyl (C=O) groups excluding carboxylic acids is 1. The number of benzene rings is 1. The normalized spacial score (nSPS) is 17.2. The minimum absolute atomic E-state index is 0.0223. The molecule has 1 saturated carbocycles. The van der Waals surface area contributed by atoms with Crippen LogP contribution in [-0.2, 0) is 11.3 Å². The highest BCUT2D eigenvalue weighted by molar-refractivity contribution is 5.78. The third-order valence-electron chi connectivity index (χ3n) is 6.02. The average Bonchev–Trinajstić information content (AvgIpc) is 3.44. The quantitative estimate of drug-likeness (QED) is 0.605. The smallest absolute Gasteiger partial charge is 0.232 e. The topological polar surface area (TPSA) is 49.6 Å². The number of hydrogen-bond acceptors (Lipinski definition) is 4. The summed E-state index contributed by atoms with van der Waals surface area (Å²) in [5, 5.41) is 4.49. The molecule has 0 bridgehead atoms. The van der Waals surface area contributed by atoms with Gasteiger partial charge in [-0.05, 0) is 43.4 Å². The molecule has 2 heterocycles. The summed E-state index contributed by atoms with van der Waals surface area (Å²) in [7, 11) is 0. The number of rotatable bonds is 7. The summed E-state index contributed by atoms with van der Waals surface area (Å²) in [6.45, 7) is 9.80. The van der Waals surface area contributed by atoms with Crippen LogP contribution in [0.3, 0.4) is 0 Å². The lowest BCUT2D eigenvalue weighted by atomic mass is 9.91. The van der Waals surface area contributed by atoms with E-state index < -0.39 is 0 Å². The Hall–Kier alpha value is -2.30. The molecule has 1 amide bonds. The van der Waals surface area contributed by atoms with Crippen molar-refractivity contribution in [3.8, 4) is 11.3 Å². The lowest BCUT2D eigenvalue weighted by molar-refractivity contribution is -0.134. The number of aromatic nitrogens is 1. The Morgan fingerprint density at radius 1 is 1.13 bits per heavy atom. The molecular formula is C25H35N3O2. The first-order valence-electron chi connectivity index (χ1n) is 11.5. The summed E-state index contributed by atoms with van der Waals surface area (Å²) in [5.74, 6) is 1.74. The largest absolute Gasteiger partial charge is 0.340 e. The molecule has 0 radical (unpaired) electrons. The number of carbonyl (C=O) groups is 1. The first-order valence-corrected chi connectivity index (χ1v) is 11.5. The van der Waals surface area contributed by atoms with Gasteiger partial charge >= 0.3 is 0 Å². The molecule has 5 heteroatoms. The van der Waals surface area contributed by atoms with Crippen molar-refractivity contribution in [3.05, 3.63) is 35.9 Å². The highest BCUT2D eigenvalue weighted by Gasteiger charge is 2.32. The van der Waals surface area contributed by atoms with Crippen LogP contribution in [0, 0.1) is 11.3 Å². The maximum absolute atomic E-state index is 13.2. The van der Waals surface area contributed by atoms with Gasteiger partial charge in [0.15, 0.2) is 0 Å². The van der Waals surface area contributed by atoms with Gasteiger partial charge in [-0.3, -0.25) is 4.79 Å². The van der Waals surface area contributed by atoms with Crippen LogP contribution in [0.25, 0.3) is 11.3 Å². The fourth-order valence-corrected chi connectivity index (χ4v) is 4.23. The molecule has 1 aromatic carbocycles. The van der Waals surface area contributed by atoms with Gasteiger partial charge in [0.25, 0.3) is 0 Å². The zero-order valence-corrected chi connectivity index (χ0v) is 18.7. The monoisotopic (exact) mass is 409 g/mol. The van der Waals surface area contributed by atoms with E-state index in [4.69, 9.17) is 4.52 Å². The maximum Gasteiger partial charge on any atom is 0.232 e. The second-order valence-corrected chi connectivity index (χ2v) is 10.2. The standard InChI is InChI=1S/C25H35N3O2/c1-25(2,3)16-22(29)28(17-19-12-13-19)18-21-23(20-10-6-4-7-11-20)26-30-24(21)27-14-8-5-9-15-27/h4,6-7,10-11,19H,5,8-9,12-18H2,1-3H3. The van der Waals surface area contributed by atoms with E-state index in [9.17, 15) is 4.79 Å². The predicted octanol–water partition coefficient (Wildman–Crippen LogP) is 5.51. The van der Waals surface area contributed by atoms with Crippen LogP contribution < -0.4 is 4.90 Å². The number of hydrogen-bond donors (Lipinski definition) is 0. The highest BCUT2D eigenvalue weighted by atomic mass is 16.5. The molecule has 0 atom stereocenters. The minimum Gasteiger partial charge on any atom is -0.340 e. The molecule has 4 rings (SSSR count). The van der Waals surface area contributed by atoms with Crippen molar-refractivity contribution in [2.45, 2.75) is 65.8 Å². The summed E-state index contributed by atoms with van der Waals surface area (Å²) in [5.41, 5.74) is 2.96. The Morgan fingerprint density at radius 2 is 1.83 bits per heavy atom. The Labute approximate surface area is 180 Å². The fraction of sp³-hybridized carbons (Fsp3) is 0.600. The molecular weight excluding hydrogens is 374 g/mol. The van der Waals surface area contributed by atoms with E-state index in [0.717, 1.165) is 42.3 Å². The molecule has 1 aliphatic carbocycles. The van der Waals surface area contributed by atoms with E-state index in [1.807, 2.05) is 18.2 Å². The van der Waals surface area contributed by atoms with Crippen LogP contribution in [0.1, 0.15) is 64.9 Å². The molecule has 0 unspecified atom stereocenters. The second-order valence-electron chi connectivity index (χ2n) is 10.2. The molecule has 1 saturated heterocycles. The molecule has 1 aromatic heterocycles. The van der Waals surface area contributed by atoms with Gasteiger partial charge < -0.3 is 14.3 Å². The zero-order chi connectivity index (χ0) is 21.1. The molecule has 30 heavy (non-hydrogen) atoms. The van der Waals surface area contributed by atoms with Crippen molar-refractivity contribution >= 4 is 11.8 Å². The summed E-state index contributed by atoms with van der Waals surface area (Å²) in [4.78, 5) is 17.6. The van der Waals surface area contributed by atoms with Crippen LogP contribution in [-0.4, -0.2) is 35.6 Å². The Kier molecular flexibility index (Phi) is 6.16. The average molecular weight is 410 g/mol. The van der Waals surface area contributed by atoms with Crippen molar-refractivity contribution in [2.24, 2.45) is 11.3 Å². The molecule has 5 nitrogen and oxygen atoms in total. The van der Waals surface area contributed by atoms with Crippen LogP contribution in [0.2, 0.25) is 0 Å². The predicted molar refractivity (Wildman–Crippen MR) is 120 cm³/mol. The van der Waals surface area contributed by atoms with Gasteiger partial charge in [0.1, 0.15) is 5.69 Å². The summed E-state index contributed by atoms with van der Waals surface area (Å²) >= 11 is 0. The van der Waals surface area contributed by atoms with Gasteiger partial charge in [-0.15, -0.1) is 0 Å². The van der Waals surface area contributed by atoms with Gasteiger partial charge in [-0.2, -0.15) is 0 Å². The lowest BCUT2D eigenvalue weighted by Crippen LogP contribution is -2.36. The Balaban J connectivity index is 1.66. The van der Waals surface area contributed by atoms with Crippen LogP contribution in [0.5, 0.6) is 0 Å². The van der Waals surface area contributed by atoms with E-state index in [1.165, 1.54) is 32.1 Å². The van der Waals surface area contributed by atoms with Gasteiger partial charge in [0.05, 0.1) is 12.1 Å². The second kappa shape index (κ2) is 8.83. The first kappa shape index (κ1) is 21.0. The molecule has 2 fully saturated rings. The first-order chi connectivity index (χ1) is 14.4. The molecule has 0 spiro atoms. The van der Waals surface area contributed by atoms with Gasteiger partial charge in [0.2, 0.25) is 11.8 Å². The van der Waals surface area contributed by atoms with E-state index in [2.05, 4.69) is 47.9 Å². The minimum atomic E-state index is -0.0223. The van der Waals surface area contributed by atoms with Crippen molar-refractivity contribution in [1.82, 2.24) is 10.1 Å². The summed E-state index contributed by atoms with van der Waals surface area (Å²) in [6, 6.07) is 10.2. The van der Waals surface area contributed by atoms with Gasteiger partial charge in [-0.25, -0.2) is 0 Å². The van der Waals surface area contributed by atoms with Crippen molar-refractivity contribution < 1.29 is 9.32 Å². The molecule has 2 aliphatic rings. The van der Waals surface area contributed by atoms with Crippen molar-refractivity contribution in [3.63, 3.8) is 0 Å². The van der Waals surface area contributed by atoms with Gasteiger partial charge in [0, 0.05) is 31.6 Å². The van der Waals surface area contributed by atoms with Crippen molar-refractivity contribution in [1.29, 1.82) is 0 Å². The van der Waals surface area contributed by atoms with E-state index in [1.54, 1.807) is 0 Å². The summed E-state index contributed by atoms with van der Waals surface area (Å²) in [6.07, 6.45) is 6.64. The molecule has 0 N–H and O–H groups in total. The molecule has 162 valence electrons. The van der Waals surface area contributed by atoms with E-state index >= 15 is 0 Å².